The zero-order valence-corrected chi connectivity index (χ0v) is 13.7. The molecule has 0 bridgehead atoms. The second-order valence-electron chi connectivity index (χ2n) is 5.49. The second-order valence-corrected chi connectivity index (χ2v) is 6.48. The summed E-state index contributed by atoms with van der Waals surface area (Å²) in [5, 5.41) is 9.15. The molecule has 0 spiro atoms. The highest BCUT2D eigenvalue weighted by atomic mass is 32.2. The van der Waals surface area contributed by atoms with Crippen molar-refractivity contribution >= 4 is 11.8 Å². The normalized spacial score (nSPS) is 17.4. The summed E-state index contributed by atoms with van der Waals surface area (Å²) in [5.74, 6) is 7.75. The van der Waals surface area contributed by atoms with Gasteiger partial charge in [0.15, 0.2) is 5.82 Å². The van der Waals surface area contributed by atoms with E-state index in [4.69, 9.17) is 10.6 Å². The third kappa shape index (κ3) is 3.28. The molecule has 2 N–H and O–H groups in total. The van der Waals surface area contributed by atoms with E-state index in [2.05, 4.69) is 41.4 Å². The van der Waals surface area contributed by atoms with E-state index < -0.39 is 0 Å². The number of aromatic nitrogens is 3. The first kappa shape index (κ1) is 15.4. The van der Waals surface area contributed by atoms with Crippen molar-refractivity contribution in [3.05, 3.63) is 41.2 Å². The van der Waals surface area contributed by atoms with Crippen LogP contribution in [0.5, 0.6) is 0 Å². The first-order valence-corrected chi connectivity index (χ1v) is 8.79. The summed E-state index contributed by atoms with van der Waals surface area (Å²) < 4.78 is 7.54. The molecule has 0 saturated carbocycles. The Hall–Kier alpha value is -1.53. The van der Waals surface area contributed by atoms with Gasteiger partial charge in [0.1, 0.15) is 0 Å². The molecule has 0 fully saturated rings. The molecule has 1 aliphatic rings. The summed E-state index contributed by atoms with van der Waals surface area (Å²) in [5.41, 5.74) is 2.67. The molecular formula is C16H22N4OS. The van der Waals surface area contributed by atoms with Gasteiger partial charge in [-0.1, -0.05) is 49.4 Å². The number of rotatable bonds is 6. The van der Waals surface area contributed by atoms with Gasteiger partial charge in [-0.25, -0.2) is 4.68 Å². The van der Waals surface area contributed by atoms with E-state index in [1.807, 2.05) is 0 Å². The third-order valence-electron chi connectivity index (χ3n) is 3.95. The quantitative estimate of drug-likeness (QED) is 0.655. The van der Waals surface area contributed by atoms with Crippen molar-refractivity contribution in [2.45, 2.75) is 43.9 Å². The Morgan fingerprint density at radius 3 is 3.09 bits per heavy atom. The van der Waals surface area contributed by atoms with Crippen molar-refractivity contribution < 1.29 is 4.74 Å². The van der Waals surface area contributed by atoms with Crippen LogP contribution in [0, 0.1) is 0 Å². The maximum Gasteiger partial charge on any atom is 0.209 e. The number of ether oxygens (including phenoxy) is 1. The number of fused-ring (bicyclic) bond motifs is 1. The molecule has 2 aromatic rings. The van der Waals surface area contributed by atoms with E-state index in [1.165, 1.54) is 11.1 Å². The fourth-order valence-electron chi connectivity index (χ4n) is 2.68. The van der Waals surface area contributed by atoms with Gasteiger partial charge in [0.2, 0.25) is 5.16 Å². The van der Waals surface area contributed by atoms with Crippen molar-refractivity contribution in [3.8, 4) is 0 Å². The Balaban J connectivity index is 1.65. The van der Waals surface area contributed by atoms with Crippen LogP contribution in [0.2, 0.25) is 0 Å². The van der Waals surface area contributed by atoms with Crippen molar-refractivity contribution in [2.24, 2.45) is 0 Å². The lowest BCUT2D eigenvalue weighted by molar-refractivity contribution is 0.0587. The number of benzene rings is 1. The molecular weight excluding hydrogens is 296 g/mol. The summed E-state index contributed by atoms with van der Waals surface area (Å²) in [4.78, 5) is 0. The Labute approximate surface area is 135 Å². The standard InChI is InChI=1S/C16H22N4OS/c1-2-3-8-15-18-19-16(20(15)17)22-11-14-13-7-5-4-6-12(13)9-10-21-14/h4-7,14H,2-3,8-11,17H2,1H3. The molecule has 0 aliphatic carbocycles. The van der Waals surface area contributed by atoms with Gasteiger partial charge in [-0.05, 0) is 24.0 Å². The lowest BCUT2D eigenvalue weighted by Crippen LogP contribution is -2.19. The first-order valence-electron chi connectivity index (χ1n) is 7.81. The van der Waals surface area contributed by atoms with Crippen LogP contribution in [0.3, 0.4) is 0 Å². The average Bonchev–Trinajstić information content (AvgIpc) is 2.91. The van der Waals surface area contributed by atoms with Gasteiger partial charge in [-0.3, -0.25) is 0 Å². The lowest BCUT2D eigenvalue weighted by Gasteiger charge is -2.25. The van der Waals surface area contributed by atoms with Crippen LogP contribution >= 0.6 is 11.8 Å². The highest BCUT2D eigenvalue weighted by molar-refractivity contribution is 7.99. The Kier molecular flexibility index (Phi) is 5.00. The first-order chi connectivity index (χ1) is 10.8. The van der Waals surface area contributed by atoms with Crippen LogP contribution in [-0.4, -0.2) is 27.2 Å². The molecule has 1 unspecified atom stereocenters. The van der Waals surface area contributed by atoms with Crippen LogP contribution in [-0.2, 0) is 17.6 Å². The topological polar surface area (TPSA) is 66.0 Å². The maximum absolute atomic E-state index is 6.08. The molecule has 6 heteroatoms. The number of aryl methyl sites for hydroxylation is 1. The molecule has 22 heavy (non-hydrogen) atoms. The molecule has 1 aromatic heterocycles. The van der Waals surface area contributed by atoms with Crippen LogP contribution in [0.15, 0.2) is 29.4 Å². The molecule has 3 rings (SSSR count). The van der Waals surface area contributed by atoms with E-state index in [9.17, 15) is 0 Å². The van der Waals surface area contributed by atoms with E-state index in [-0.39, 0.29) is 6.10 Å². The molecule has 0 amide bonds. The summed E-state index contributed by atoms with van der Waals surface area (Å²) in [6.45, 7) is 2.93. The predicted molar refractivity (Wildman–Crippen MR) is 88.3 cm³/mol. The lowest BCUT2D eigenvalue weighted by atomic mass is 9.99. The fourth-order valence-corrected chi connectivity index (χ4v) is 3.60. The zero-order chi connectivity index (χ0) is 15.4. The largest absolute Gasteiger partial charge is 0.372 e. The van der Waals surface area contributed by atoms with Gasteiger partial charge in [0.05, 0.1) is 12.7 Å². The molecule has 0 saturated heterocycles. The fraction of sp³-hybridized carbons (Fsp3) is 0.500. The number of nitrogens with zero attached hydrogens (tertiary/aromatic N) is 3. The van der Waals surface area contributed by atoms with Gasteiger partial charge in [0.25, 0.3) is 0 Å². The number of unbranched alkanes of at least 4 members (excludes halogenated alkanes) is 1. The number of nitrogen functional groups attached to an aromatic ring is 1. The van der Waals surface area contributed by atoms with Gasteiger partial charge in [0, 0.05) is 12.2 Å². The van der Waals surface area contributed by atoms with E-state index in [0.717, 1.165) is 49.0 Å². The third-order valence-corrected chi connectivity index (χ3v) is 4.95. The van der Waals surface area contributed by atoms with Gasteiger partial charge >= 0.3 is 0 Å². The number of hydrogen-bond acceptors (Lipinski definition) is 5. The average molecular weight is 318 g/mol. The van der Waals surface area contributed by atoms with Crippen LogP contribution in [0.1, 0.15) is 42.8 Å². The molecule has 0 radical (unpaired) electrons. The second kappa shape index (κ2) is 7.15. The number of thioether (sulfide) groups is 1. The van der Waals surface area contributed by atoms with Crippen LogP contribution in [0.4, 0.5) is 0 Å². The van der Waals surface area contributed by atoms with Crippen LogP contribution < -0.4 is 5.84 Å². The van der Waals surface area contributed by atoms with Gasteiger partial charge < -0.3 is 10.6 Å². The Morgan fingerprint density at radius 2 is 2.23 bits per heavy atom. The molecule has 118 valence electrons. The minimum absolute atomic E-state index is 0.103. The molecule has 1 atom stereocenters. The molecule has 5 nitrogen and oxygen atoms in total. The monoisotopic (exact) mass is 318 g/mol. The van der Waals surface area contributed by atoms with Crippen molar-refractivity contribution in [3.63, 3.8) is 0 Å². The van der Waals surface area contributed by atoms with E-state index in [1.54, 1.807) is 16.4 Å². The highest BCUT2D eigenvalue weighted by Gasteiger charge is 2.21. The number of nitrogens with two attached hydrogens (primary N) is 1. The molecule has 1 aliphatic heterocycles. The zero-order valence-electron chi connectivity index (χ0n) is 12.9. The van der Waals surface area contributed by atoms with Crippen molar-refractivity contribution in [2.75, 3.05) is 18.2 Å². The summed E-state index contributed by atoms with van der Waals surface area (Å²) >= 11 is 1.61. The van der Waals surface area contributed by atoms with Gasteiger partial charge in [-0.15, -0.1) is 10.2 Å². The summed E-state index contributed by atoms with van der Waals surface area (Å²) in [7, 11) is 0. The number of hydrogen-bond donors (Lipinski definition) is 1. The molecule has 1 aromatic carbocycles. The van der Waals surface area contributed by atoms with E-state index in [0.29, 0.717) is 0 Å². The smallest absolute Gasteiger partial charge is 0.209 e. The summed E-state index contributed by atoms with van der Waals surface area (Å²) in [6, 6.07) is 8.49. The molecule has 2 heterocycles. The Morgan fingerprint density at radius 1 is 1.36 bits per heavy atom. The SMILES string of the molecule is CCCCc1nnc(SCC2OCCc3ccccc32)n1N. The van der Waals surface area contributed by atoms with Crippen molar-refractivity contribution in [1.82, 2.24) is 14.9 Å². The predicted octanol–water partition coefficient (Wildman–Crippen LogP) is 2.74. The minimum Gasteiger partial charge on any atom is -0.372 e. The maximum atomic E-state index is 6.08. The highest BCUT2D eigenvalue weighted by Crippen LogP contribution is 2.31. The summed E-state index contributed by atoms with van der Waals surface area (Å²) in [6.07, 6.45) is 4.18. The Bertz CT molecular complexity index is 628. The minimum atomic E-state index is 0.103. The van der Waals surface area contributed by atoms with Crippen LogP contribution in [0.25, 0.3) is 0 Å². The van der Waals surface area contributed by atoms with Gasteiger partial charge in [-0.2, -0.15) is 0 Å². The van der Waals surface area contributed by atoms with Crippen molar-refractivity contribution in [1.29, 1.82) is 0 Å². The van der Waals surface area contributed by atoms with E-state index >= 15 is 0 Å².